The van der Waals surface area contributed by atoms with Crippen LogP contribution in [0.2, 0.25) is 0 Å². The summed E-state index contributed by atoms with van der Waals surface area (Å²) in [6.45, 7) is 4.71. The summed E-state index contributed by atoms with van der Waals surface area (Å²) in [6.07, 6.45) is 13.5. The smallest absolute Gasteiger partial charge is 0.119 e. The van der Waals surface area contributed by atoms with Crippen molar-refractivity contribution in [3.8, 4) is 5.75 Å². The number of benzene rings is 1. The summed E-state index contributed by atoms with van der Waals surface area (Å²) in [5, 5.41) is 0. The number of anilines is 1. The molecule has 1 aromatic rings. The molecule has 0 N–H and O–H groups in total. The van der Waals surface area contributed by atoms with Gasteiger partial charge in [0.25, 0.3) is 0 Å². The van der Waals surface area contributed by atoms with Crippen molar-refractivity contribution in [3.63, 3.8) is 0 Å². The maximum Gasteiger partial charge on any atom is 0.119 e. The van der Waals surface area contributed by atoms with Crippen LogP contribution in [0.25, 0.3) is 0 Å². The molecule has 0 atom stereocenters. The standard InChI is InChI=1S/C22H37Cl2NO/c1-2-3-4-5-6-7-8-9-10-11-20-26-22-14-12-21(13-15-22)25(18-16-23)19-17-24/h12-15H,2-11,16-20H2,1H3. The number of ether oxygens (including phenoxy) is 1. The highest BCUT2D eigenvalue weighted by atomic mass is 35.5. The van der Waals surface area contributed by atoms with Gasteiger partial charge < -0.3 is 9.64 Å². The lowest BCUT2D eigenvalue weighted by Gasteiger charge is -2.23. The van der Waals surface area contributed by atoms with Gasteiger partial charge in [0.2, 0.25) is 0 Å². The van der Waals surface area contributed by atoms with Gasteiger partial charge in [-0.25, -0.2) is 0 Å². The minimum Gasteiger partial charge on any atom is -0.494 e. The molecule has 0 bridgehead atoms. The molecule has 0 heterocycles. The van der Waals surface area contributed by atoms with Crippen LogP contribution < -0.4 is 9.64 Å². The Labute approximate surface area is 171 Å². The number of hydrogen-bond acceptors (Lipinski definition) is 2. The number of alkyl halides is 2. The average molecular weight is 402 g/mol. The summed E-state index contributed by atoms with van der Waals surface area (Å²) < 4.78 is 5.86. The van der Waals surface area contributed by atoms with Gasteiger partial charge in [0.1, 0.15) is 5.75 Å². The second kappa shape index (κ2) is 16.6. The Morgan fingerprint density at radius 1 is 0.731 bits per heavy atom. The highest BCUT2D eigenvalue weighted by molar-refractivity contribution is 6.18. The molecule has 0 aromatic heterocycles. The van der Waals surface area contributed by atoms with Crippen LogP contribution in [0.1, 0.15) is 71.1 Å². The van der Waals surface area contributed by atoms with Gasteiger partial charge in [0.05, 0.1) is 6.61 Å². The normalized spacial score (nSPS) is 10.9. The lowest BCUT2D eigenvalue weighted by molar-refractivity contribution is 0.304. The molecular weight excluding hydrogens is 365 g/mol. The monoisotopic (exact) mass is 401 g/mol. The van der Waals surface area contributed by atoms with E-state index in [9.17, 15) is 0 Å². The second-order valence-electron chi connectivity index (χ2n) is 6.89. The Morgan fingerprint density at radius 3 is 1.73 bits per heavy atom. The molecular formula is C22H37Cl2NO. The minimum atomic E-state index is 0.605. The SMILES string of the molecule is CCCCCCCCCCCCOc1ccc(N(CCCl)CCCl)cc1. The molecule has 150 valence electrons. The van der Waals surface area contributed by atoms with Crippen molar-refractivity contribution in [2.75, 3.05) is 36.4 Å². The van der Waals surface area contributed by atoms with E-state index >= 15 is 0 Å². The van der Waals surface area contributed by atoms with E-state index in [0.717, 1.165) is 37.6 Å². The fourth-order valence-electron chi connectivity index (χ4n) is 3.11. The van der Waals surface area contributed by atoms with Crippen molar-refractivity contribution in [1.29, 1.82) is 0 Å². The third kappa shape index (κ3) is 11.2. The Morgan fingerprint density at radius 2 is 1.23 bits per heavy atom. The predicted molar refractivity (Wildman–Crippen MR) is 117 cm³/mol. The molecule has 1 rings (SSSR count). The van der Waals surface area contributed by atoms with Crippen molar-refractivity contribution in [3.05, 3.63) is 24.3 Å². The van der Waals surface area contributed by atoms with Crippen LogP contribution >= 0.6 is 23.2 Å². The van der Waals surface area contributed by atoms with E-state index < -0.39 is 0 Å². The van der Waals surface area contributed by atoms with Crippen molar-refractivity contribution < 1.29 is 4.74 Å². The predicted octanol–water partition coefficient (Wildman–Crippen LogP) is 7.27. The lowest BCUT2D eigenvalue weighted by Crippen LogP contribution is -2.27. The number of hydrogen-bond donors (Lipinski definition) is 0. The second-order valence-corrected chi connectivity index (χ2v) is 7.65. The topological polar surface area (TPSA) is 12.5 Å². The van der Waals surface area contributed by atoms with E-state index in [2.05, 4.69) is 24.0 Å². The molecule has 4 heteroatoms. The first kappa shape index (κ1) is 23.4. The minimum absolute atomic E-state index is 0.605. The molecule has 0 spiro atoms. The van der Waals surface area contributed by atoms with Crippen molar-refractivity contribution >= 4 is 28.9 Å². The Balaban J connectivity index is 2.09. The molecule has 0 unspecified atom stereocenters. The molecule has 2 nitrogen and oxygen atoms in total. The van der Waals surface area contributed by atoms with Crippen molar-refractivity contribution in [2.24, 2.45) is 0 Å². The van der Waals surface area contributed by atoms with Gasteiger partial charge in [-0.3, -0.25) is 0 Å². The third-order valence-corrected chi connectivity index (χ3v) is 5.02. The fraction of sp³-hybridized carbons (Fsp3) is 0.727. The molecule has 26 heavy (non-hydrogen) atoms. The van der Waals surface area contributed by atoms with E-state index in [0.29, 0.717) is 11.8 Å². The molecule has 0 aliphatic rings. The van der Waals surface area contributed by atoms with Gasteiger partial charge in [0, 0.05) is 30.5 Å². The van der Waals surface area contributed by atoms with E-state index in [4.69, 9.17) is 27.9 Å². The van der Waals surface area contributed by atoms with E-state index in [1.807, 2.05) is 12.1 Å². The molecule has 0 saturated heterocycles. The summed E-state index contributed by atoms with van der Waals surface area (Å²) in [4.78, 5) is 2.20. The lowest BCUT2D eigenvalue weighted by atomic mass is 10.1. The highest BCUT2D eigenvalue weighted by Gasteiger charge is 2.05. The van der Waals surface area contributed by atoms with Gasteiger partial charge in [-0.05, 0) is 30.7 Å². The Kier molecular flexibility index (Phi) is 14.9. The molecule has 0 fully saturated rings. The van der Waals surface area contributed by atoms with E-state index in [1.54, 1.807) is 0 Å². The van der Waals surface area contributed by atoms with Crippen LogP contribution in [-0.4, -0.2) is 31.5 Å². The first-order valence-corrected chi connectivity index (χ1v) is 11.5. The van der Waals surface area contributed by atoms with Crippen LogP contribution in [0.5, 0.6) is 5.75 Å². The number of halogens is 2. The maximum atomic E-state index is 5.86. The van der Waals surface area contributed by atoms with E-state index in [-0.39, 0.29) is 0 Å². The van der Waals surface area contributed by atoms with Gasteiger partial charge in [-0.15, -0.1) is 23.2 Å². The van der Waals surface area contributed by atoms with Crippen LogP contribution in [-0.2, 0) is 0 Å². The summed E-state index contributed by atoms with van der Waals surface area (Å²) in [6, 6.07) is 8.27. The molecule has 1 aromatic carbocycles. The summed E-state index contributed by atoms with van der Waals surface area (Å²) >= 11 is 11.7. The fourth-order valence-corrected chi connectivity index (χ4v) is 3.51. The highest BCUT2D eigenvalue weighted by Crippen LogP contribution is 2.20. The number of unbranched alkanes of at least 4 members (excludes halogenated alkanes) is 9. The first-order valence-electron chi connectivity index (χ1n) is 10.4. The largest absolute Gasteiger partial charge is 0.494 e. The summed E-state index contributed by atoms with van der Waals surface area (Å²) in [5.41, 5.74) is 1.15. The quantitative estimate of drug-likeness (QED) is 0.201. The summed E-state index contributed by atoms with van der Waals surface area (Å²) in [7, 11) is 0. The number of nitrogens with zero attached hydrogens (tertiary/aromatic N) is 1. The first-order chi connectivity index (χ1) is 12.8. The third-order valence-electron chi connectivity index (χ3n) is 4.68. The van der Waals surface area contributed by atoms with Crippen LogP contribution in [0, 0.1) is 0 Å². The van der Waals surface area contributed by atoms with Crippen molar-refractivity contribution in [2.45, 2.75) is 71.1 Å². The van der Waals surface area contributed by atoms with Gasteiger partial charge >= 0.3 is 0 Å². The molecule has 0 radical (unpaired) electrons. The average Bonchev–Trinajstić information content (AvgIpc) is 2.66. The van der Waals surface area contributed by atoms with Crippen LogP contribution in [0.15, 0.2) is 24.3 Å². The zero-order chi connectivity index (χ0) is 18.9. The molecule has 0 aliphatic heterocycles. The molecule has 0 aliphatic carbocycles. The van der Waals surface area contributed by atoms with Crippen LogP contribution in [0.3, 0.4) is 0 Å². The van der Waals surface area contributed by atoms with Crippen LogP contribution in [0.4, 0.5) is 5.69 Å². The van der Waals surface area contributed by atoms with Gasteiger partial charge in [-0.1, -0.05) is 64.7 Å². The van der Waals surface area contributed by atoms with Gasteiger partial charge in [-0.2, -0.15) is 0 Å². The Hall–Kier alpha value is -0.600. The summed E-state index contributed by atoms with van der Waals surface area (Å²) in [5.74, 6) is 2.16. The maximum absolute atomic E-state index is 5.86. The zero-order valence-corrected chi connectivity index (χ0v) is 18.0. The molecule has 0 amide bonds. The Bertz CT molecular complexity index is 419. The zero-order valence-electron chi connectivity index (χ0n) is 16.5. The van der Waals surface area contributed by atoms with Gasteiger partial charge in [0.15, 0.2) is 0 Å². The van der Waals surface area contributed by atoms with E-state index in [1.165, 1.54) is 57.8 Å². The number of rotatable bonds is 17. The van der Waals surface area contributed by atoms with Crippen molar-refractivity contribution in [1.82, 2.24) is 0 Å². The molecule has 0 saturated carbocycles.